The van der Waals surface area contributed by atoms with Crippen molar-refractivity contribution in [1.82, 2.24) is 0 Å². The lowest BCUT2D eigenvalue weighted by Gasteiger charge is -2.08. The SMILES string of the molecule is Cc1ccc([C@@H](N)CC#N)cc1Cl. The van der Waals surface area contributed by atoms with E-state index in [4.69, 9.17) is 22.6 Å². The van der Waals surface area contributed by atoms with Crippen molar-refractivity contribution < 1.29 is 0 Å². The molecular formula is C10H11ClN2. The highest BCUT2D eigenvalue weighted by Crippen LogP contribution is 2.21. The number of nitrogens with zero attached hydrogens (tertiary/aromatic N) is 1. The first kappa shape index (κ1) is 10.0. The molecule has 2 nitrogen and oxygen atoms in total. The first-order valence-corrected chi connectivity index (χ1v) is 4.41. The molecule has 0 aliphatic heterocycles. The summed E-state index contributed by atoms with van der Waals surface area (Å²) in [7, 11) is 0. The van der Waals surface area contributed by atoms with Gasteiger partial charge in [-0.3, -0.25) is 0 Å². The molecule has 13 heavy (non-hydrogen) atoms. The summed E-state index contributed by atoms with van der Waals surface area (Å²) in [6.45, 7) is 1.93. The van der Waals surface area contributed by atoms with Crippen LogP contribution in [0.15, 0.2) is 18.2 Å². The van der Waals surface area contributed by atoms with E-state index in [0.29, 0.717) is 11.4 Å². The van der Waals surface area contributed by atoms with Crippen molar-refractivity contribution in [2.75, 3.05) is 0 Å². The second-order valence-electron chi connectivity index (χ2n) is 2.98. The summed E-state index contributed by atoms with van der Waals surface area (Å²) in [6.07, 6.45) is 0.319. The molecule has 0 saturated carbocycles. The van der Waals surface area contributed by atoms with Crippen LogP contribution in [0.2, 0.25) is 5.02 Å². The van der Waals surface area contributed by atoms with Crippen LogP contribution in [0.5, 0.6) is 0 Å². The molecule has 68 valence electrons. The van der Waals surface area contributed by atoms with Crippen molar-refractivity contribution in [3.05, 3.63) is 34.3 Å². The second-order valence-corrected chi connectivity index (χ2v) is 3.38. The summed E-state index contributed by atoms with van der Waals surface area (Å²) in [4.78, 5) is 0. The van der Waals surface area contributed by atoms with Crippen LogP contribution in [0.1, 0.15) is 23.6 Å². The van der Waals surface area contributed by atoms with Gasteiger partial charge in [0.1, 0.15) is 0 Å². The normalized spacial score (nSPS) is 12.2. The van der Waals surface area contributed by atoms with E-state index in [2.05, 4.69) is 0 Å². The summed E-state index contributed by atoms with van der Waals surface area (Å²) in [5.41, 5.74) is 7.68. The number of aryl methyl sites for hydroxylation is 1. The summed E-state index contributed by atoms with van der Waals surface area (Å²) in [6, 6.07) is 7.43. The van der Waals surface area contributed by atoms with E-state index in [0.717, 1.165) is 11.1 Å². The van der Waals surface area contributed by atoms with Crippen LogP contribution in [0.4, 0.5) is 0 Å². The topological polar surface area (TPSA) is 49.8 Å². The smallest absolute Gasteiger partial charge is 0.0641 e. The van der Waals surface area contributed by atoms with Gasteiger partial charge in [0.15, 0.2) is 0 Å². The van der Waals surface area contributed by atoms with Gasteiger partial charge in [0, 0.05) is 11.1 Å². The molecule has 2 N–H and O–H groups in total. The molecule has 0 aromatic heterocycles. The number of rotatable bonds is 2. The molecule has 0 aliphatic rings. The van der Waals surface area contributed by atoms with Gasteiger partial charge in [0.2, 0.25) is 0 Å². The van der Waals surface area contributed by atoms with E-state index < -0.39 is 0 Å². The molecule has 0 heterocycles. The Bertz CT molecular complexity index is 341. The number of hydrogen-bond donors (Lipinski definition) is 1. The van der Waals surface area contributed by atoms with Crippen molar-refractivity contribution in [3.8, 4) is 6.07 Å². The molecule has 1 atom stereocenters. The number of halogens is 1. The number of benzene rings is 1. The van der Waals surface area contributed by atoms with Gasteiger partial charge in [-0.2, -0.15) is 5.26 Å². The van der Waals surface area contributed by atoms with E-state index >= 15 is 0 Å². The lowest BCUT2D eigenvalue weighted by atomic mass is 10.0. The predicted molar refractivity (Wildman–Crippen MR) is 53.3 cm³/mol. The monoisotopic (exact) mass is 194 g/mol. The summed E-state index contributed by atoms with van der Waals surface area (Å²) >= 11 is 5.92. The average Bonchev–Trinajstić information content (AvgIpc) is 2.10. The van der Waals surface area contributed by atoms with E-state index in [1.807, 2.05) is 31.2 Å². The highest BCUT2D eigenvalue weighted by molar-refractivity contribution is 6.31. The van der Waals surface area contributed by atoms with E-state index in [1.54, 1.807) is 0 Å². The van der Waals surface area contributed by atoms with Gasteiger partial charge in [-0.15, -0.1) is 0 Å². The average molecular weight is 195 g/mol. The molecule has 0 aliphatic carbocycles. The van der Waals surface area contributed by atoms with Crippen molar-refractivity contribution >= 4 is 11.6 Å². The van der Waals surface area contributed by atoms with Crippen LogP contribution >= 0.6 is 11.6 Å². The molecule has 0 amide bonds. The predicted octanol–water partition coefficient (Wildman–Crippen LogP) is 2.56. The number of hydrogen-bond acceptors (Lipinski definition) is 2. The zero-order chi connectivity index (χ0) is 9.84. The van der Waals surface area contributed by atoms with Crippen LogP contribution in [-0.4, -0.2) is 0 Å². The Hall–Kier alpha value is -1.04. The zero-order valence-electron chi connectivity index (χ0n) is 7.42. The molecule has 0 radical (unpaired) electrons. The van der Waals surface area contributed by atoms with Gasteiger partial charge in [-0.1, -0.05) is 23.7 Å². The second kappa shape index (κ2) is 4.27. The van der Waals surface area contributed by atoms with Crippen LogP contribution in [0.25, 0.3) is 0 Å². The number of nitriles is 1. The first-order valence-electron chi connectivity index (χ1n) is 4.03. The molecule has 0 unspecified atom stereocenters. The molecular weight excluding hydrogens is 184 g/mol. The van der Waals surface area contributed by atoms with Crippen molar-refractivity contribution in [1.29, 1.82) is 5.26 Å². The Kier molecular flexibility index (Phi) is 3.30. The maximum absolute atomic E-state index is 8.46. The Balaban J connectivity index is 2.91. The summed E-state index contributed by atoms with van der Waals surface area (Å²) < 4.78 is 0. The fourth-order valence-corrected chi connectivity index (χ4v) is 1.24. The largest absolute Gasteiger partial charge is 0.323 e. The fourth-order valence-electron chi connectivity index (χ4n) is 1.06. The fraction of sp³-hybridized carbons (Fsp3) is 0.300. The molecule has 1 aromatic rings. The Morgan fingerprint density at radius 1 is 1.62 bits per heavy atom. The van der Waals surface area contributed by atoms with E-state index in [-0.39, 0.29) is 6.04 Å². The highest BCUT2D eigenvalue weighted by Gasteiger charge is 2.06. The molecule has 0 spiro atoms. The van der Waals surface area contributed by atoms with Crippen molar-refractivity contribution in [3.63, 3.8) is 0 Å². The molecule has 0 bridgehead atoms. The first-order chi connectivity index (χ1) is 6.15. The van der Waals surface area contributed by atoms with Gasteiger partial charge >= 0.3 is 0 Å². The molecule has 0 saturated heterocycles. The summed E-state index contributed by atoms with van der Waals surface area (Å²) in [5.74, 6) is 0. The van der Waals surface area contributed by atoms with Gasteiger partial charge < -0.3 is 5.73 Å². The van der Waals surface area contributed by atoms with Crippen LogP contribution in [-0.2, 0) is 0 Å². The van der Waals surface area contributed by atoms with E-state index in [9.17, 15) is 0 Å². The van der Waals surface area contributed by atoms with E-state index in [1.165, 1.54) is 0 Å². The third-order valence-electron chi connectivity index (χ3n) is 1.94. The summed E-state index contributed by atoms with van der Waals surface area (Å²) in [5, 5.41) is 9.16. The molecule has 1 aromatic carbocycles. The minimum absolute atomic E-state index is 0.233. The van der Waals surface area contributed by atoms with Crippen LogP contribution in [0, 0.1) is 18.3 Å². The van der Waals surface area contributed by atoms with Gasteiger partial charge in [-0.05, 0) is 24.1 Å². The molecule has 0 fully saturated rings. The molecule has 3 heteroatoms. The van der Waals surface area contributed by atoms with Crippen molar-refractivity contribution in [2.45, 2.75) is 19.4 Å². The maximum Gasteiger partial charge on any atom is 0.0641 e. The highest BCUT2D eigenvalue weighted by atomic mass is 35.5. The van der Waals surface area contributed by atoms with Crippen LogP contribution < -0.4 is 5.73 Å². The quantitative estimate of drug-likeness (QED) is 0.787. The Morgan fingerprint density at radius 2 is 2.31 bits per heavy atom. The zero-order valence-corrected chi connectivity index (χ0v) is 8.17. The Labute approximate surface area is 82.9 Å². The van der Waals surface area contributed by atoms with Gasteiger partial charge in [0.25, 0.3) is 0 Å². The third kappa shape index (κ3) is 2.45. The lowest BCUT2D eigenvalue weighted by Crippen LogP contribution is -2.09. The maximum atomic E-state index is 8.46. The molecule has 1 rings (SSSR count). The van der Waals surface area contributed by atoms with Gasteiger partial charge in [-0.25, -0.2) is 0 Å². The minimum Gasteiger partial charge on any atom is -0.323 e. The third-order valence-corrected chi connectivity index (χ3v) is 2.34. The minimum atomic E-state index is -0.233. The van der Waals surface area contributed by atoms with Crippen LogP contribution in [0.3, 0.4) is 0 Å². The Morgan fingerprint density at radius 3 is 2.85 bits per heavy atom. The lowest BCUT2D eigenvalue weighted by molar-refractivity contribution is 0.748. The van der Waals surface area contributed by atoms with Crippen molar-refractivity contribution in [2.24, 2.45) is 5.73 Å². The standard InChI is InChI=1S/C10H11ClN2/c1-7-2-3-8(6-9(7)11)10(13)4-5-12/h2-3,6,10H,4,13H2,1H3/t10-/m0/s1. The van der Waals surface area contributed by atoms with Gasteiger partial charge in [0.05, 0.1) is 12.5 Å². The number of nitrogens with two attached hydrogens (primary N) is 1.